The van der Waals surface area contributed by atoms with Crippen molar-refractivity contribution >= 4 is 17.5 Å². The topological polar surface area (TPSA) is 50.7 Å². The van der Waals surface area contributed by atoms with E-state index in [4.69, 9.17) is 16.6 Å². The van der Waals surface area contributed by atoms with Gasteiger partial charge in [-0.2, -0.15) is 0 Å². The number of hydrogen-bond acceptors (Lipinski definition) is 4. The lowest BCUT2D eigenvalue weighted by atomic mass is 10.0. The molecule has 0 aliphatic rings. The minimum Gasteiger partial charge on any atom is -0.354 e. The van der Waals surface area contributed by atoms with E-state index in [1.807, 2.05) is 36.4 Å². The number of benzene rings is 2. The Hall–Kier alpha value is -3.31. The summed E-state index contributed by atoms with van der Waals surface area (Å²) in [5.41, 5.74) is 4.50. The Morgan fingerprint density at radius 2 is 1.72 bits per heavy atom. The average Bonchev–Trinajstić information content (AvgIpc) is 2.75. The summed E-state index contributed by atoms with van der Waals surface area (Å²) in [6.45, 7) is 0.673. The van der Waals surface area contributed by atoms with Gasteiger partial charge in [0.05, 0.1) is 5.69 Å². The van der Waals surface area contributed by atoms with Crippen LogP contribution in [0.2, 0.25) is 5.02 Å². The van der Waals surface area contributed by atoms with Gasteiger partial charge in [0.25, 0.3) is 0 Å². The molecule has 0 aliphatic carbocycles. The average molecular weight is 405 g/mol. The highest BCUT2D eigenvalue weighted by Crippen LogP contribution is 2.30. The molecule has 0 atom stereocenters. The van der Waals surface area contributed by atoms with Gasteiger partial charge in [-0.05, 0) is 53.9 Å². The van der Waals surface area contributed by atoms with Gasteiger partial charge in [0.1, 0.15) is 5.82 Å². The molecule has 0 spiro atoms. The highest BCUT2D eigenvalue weighted by Gasteiger charge is 2.12. The van der Waals surface area contributed by atoms with E-state index in [1.54, 1.807) is 30.7 Å². The molecule has 1 N–H and O–H groups in total. The second kappa shape index (κ2) is 8.80. The molecule has 4 rings (SSSR count). The van der Waals surface area contributed by atoms with E-state index in [-0.39, 0.29) is 5.82 Å². The van der Waals surface area contributed by atoms with Gasteiger partial charge in [-0.1, -0.05) is 35.9 Å². The molecule has 0 aliphatic heterocycles. The predicted molar refractivity (Wildman–Crippen MR) is 114 cm³/mol. The summed E-state index contributed by atoms with van der Waals surface area (Å²) in [7, 11) is 0. The fourth-order valence-corrected chi connectivity index (χ4v) is 3.26. The first-order valence-corrected chi connectivity index (χ1v) is 9.58. The van der Waals surface area contributed by atoms with E-state index in [1.165, 1.54) is 12.1 Å². The summed E-state index contributed by atoms with van der Waals surface area (Å²) in [6, 6.07) is 17.9. The van der Waals surface area contributed by atoms with E-state index in [2.05, 4.69) is 15.3 Å². The van der Waals surface area contributed by atoms with E-state index < -0.39 is 0 Å². The zero-order chi connectivity index (χ0) is 20.1. The molecule has 144 valence electrons. The molecule has 6 heteroatoms. The minimum absolute atomic E-state index is 0.278. The summed E-state index contributed by atoms with van der Waals surface area (Å²) < 4.78 is 13.3. The number of rotatable bonds is 6. The quantitative estimate of drug-likeness (QED) is 0.451. The molecular formula is C23H18ClFN4. The van der Waals surface area contributed by atoms with Crippen LogP contribution in [0.5, 0.6) is 0 Å². The number of anilines is 1. The minimum atomic E-state index is -0.278. The van der Waals surface area contributed by atoms with Crippen molar-refractivity contribution in [3.63, 3.8) is 0 Å². The normalized spacial score (nSPS) is 10.7. The summed E-state index contributed by atoms with van der Waals surface area (Å²) >= 11 is 6.04. The van der Waals surface area contributed by atoms with Gasteiger partial charge in [-0.15, -0.1) is 0 Å². The van der Waals surface area contributed by atoms with E-state index in [0.717, 1.165) is 39.4 Å². The molecule has 0 saturated carbocycles. The Bertz CT molecular complexity index is 1100. The van der Waals surface area contributed by atoms with Crippen molar-refractivity contribution in [1.29, 1.82) is 0 Å². The molecule has 4 aromatic rings. The largest absolute Gasteiger partial charge is 0.354 e. The molecule has 2 heterocycles. The van der Waals surface area contributed by atoms with Crippen LogP contribution < -0.4 is 5.32 Å². The van der Waals surface area contributed by atoms with Crippen LogP contribution in [0, 0.1) is 5.82 Å². The van der Waals surface area contributed by atoms with Gasteiger partial charge < -0.3 is 5.32 Å². The summed E-state index contributed by atoms with van der Waals surface area (Å²) in [5.74, 6) is 0.254. The molecule has 0 amide bonds. The smallest absolute Gasteiger partial charge is 0.223 e. The standard InChI is InChI=1S/C23H18ClFN4/c24-19-3-1-2-16(14-19)8-13-27-23-28-15-21(17-4-6-20(25)7-5-17)22(29-23)18-9-11-26-12-10-18/h1-7,9-12,14-15H,8,13H2,(H,27,28,29). The lowest BCUT2D eigenvalue weighted by molar-refractivity contribution is 0.628. The Labute approximate surface area is 173 Å². The monoisotopic (exact) mass is 404 g/mol. The van der Waals surface area contributed by atoms with E-state index >= 15 is 0 Å². The van der Waals surface area contributed by atoms with Crippen LogP contribution in [0.3, 0.4) is 0 Å². The van der Waals surface area contributed by atoms with E-state index in [9.17, 15) is 4.39 Å². The fourth-order valence-electron chi connectivity index (χ4n) is 3.05. The number of pyridine rings is 1. The maximum atomic E-state index is 13.3. The molecule has 0 saturated heterocycles. The van der Waals surface area contributed by atoms with Gasteiger partial charge in [-0.25, -0.2) is 14.4 Å². The van der Waals surface area contributed by atoms with Crippen LogP contribution in [0.4, 0.5) is 10.3 Å². The second-order valence-electron chi connectivity index (χ2n) is 6.51. The lowest BCUT2D eigenvalue weighted by Gasteiger charge is -2.12. The zero-order valence-electron chi connectivity index (χ0n) is 15.5. The van der Waals surface area contributed by atoms with Crippen LogP contribution in [-0.2, 0) is 6.42 Å². The van der Waals surface area contributed by atoms with Crippen LogP contribution in [0.1, 0.15) is 5.56 Å². The molecule has 2 aromatic heterocycles. The first-order valence-electron chi connectivity index (χ1n) is 9.21. The molecule has 0 unspecified atom stereocenters. The second-order valence-corrected chi connectivity index (χ2v) is 6.94. The van der Waals surface area contributed by atoms with Crippen molar-refractivity contribution in [2.45, 2.75) is 6.42 Å². The van der Waals surface area contributed by atoms with Gasteiger partial charge >= 0.3 is 0 Å². The molecular weight excluding hydrogens is 387 g/mol. The maximum Gasteiger partial charge on any atom is 0.223 e. The van der Waals surface area contributed by atoms with E-state index in [0.29, 0.717) is 12.5 Å². The number of nitrogens with zero attached hydrogens (tertiary/aromatic N) is 3. The van der Waals surface area contributed by atoms with Gasteiger partial charge in [-0.3, -0.25) is 4.98 Å². The third-order valence-corrected chi connectivity index (χ3v) is 4.72. The lowest BCUT2D eigenvalue weighted by Crippen LogP contribution is -2.09. The Kier molecular flexibility index (Phi) is 5.77. The van der Waals surface area contributed by atoms with Crippen LogP contribution >= 0.6 is 11.6 Å². The Morgan fingerprint density at radius 3 is 2.48 bits per heavy atom. The number of nitrogens with one attached hydrogen (secondary N) is 1. The van der Waals surface area contributed by atoms with Gasteiger partial charge in [0.2, 0.25) is 5.95 Å². The number of hydrogen-bond donors (Lipinski definition) is 1. The van der Waals surface area contributed by atoms with Crippen LogP contribution in [0.25, 0.3) is 22.4 Å². The third-order valence-electron chi connectivity index (χ3n) is 4.48. The maximum absolute atomic E-state index is 13.3. The van der Waals surface area contributed by atoms with Crippen molar-refractivity contribution in [2.75, 3.05) is 11.9 Å². The number of halogens is 2. The van der Waals surface area contributed by atoms with Gasteiger partial charge in [0, 0.05) is 41.3 Å². The highest BCUT2D eigenvalue weighted by molar-refractivity contribution is 6.30. The fraction of sp³-hybridized carbons (Fsp3) is 0.0870. The molecule has 29 heavy (non-hydrogen) atoms. The molecule has 2 aromatic carbocycles. The third kappa shape index (κ3) is 4.76. The molecule has 0 fully saturated rings. The first-order chi connectivity index (χ1) is 14.2. The SMILES string of the molecule is Fc1ccc(-c2cnc(NCCc3cccc(Cl)c3)nc2-c2ccncc2)cc1. The zero-order valence-corrected chi connectivity index (χ0v) is 16.3. The van der Waals surface area contributed by atoms with Crippen LogP contribution in [0.15, 0.2) is 79.3 Å². The van der Waals surface area contributed by atoms with Crippen LogP contribution in [-0.4, -0.2) is 21.5 Å². The van der Waals surface area contributed by atoms with Crippen molar-refractivity contribution in [3.05, 3.63) is 95.7 Å². The first kappa shape index (κ1) is 19.0. The van der Waals surface area contributed by atoms with Crippen molar-refractivity contribution < 1.29 is 4.39 Å². The molecule has 0 bridgehead atoms. The summed E-state index contributed by atoms with van der Waals surface area (Å²) in [6.07, 6.45) is 6.00. The van der Waals surface area contributed by atoms with Crippen molar-refractivity contribution in [2.24, 2.45) is 0 Å². The Morgan fingerprint density at radius 1 is 0.931 bits per heavy atom. The van der Waals surface area contributed by atoms with Crippen molar-refractivity contribution in [1.82, 2.24) is 15.0 Å². The van der Waals surface area contributed by atoms with Crippen molar-refractivity contribution in [3.8, 4) is 22.4 Å². The predicted octanol–water partition coefficient (Wildman–Crippen LogP) is 5.65. The molecule has 0 radical (unpaired) electrons. The summed E-state index contributed by atoms with van der Waals surface area (Å²) in [4.78, 5) is 13.3. The Balaban J connectivity index is 1.60. The highest BCUT2D eigenvalue weighted by atomic mass is 35.5. The number of aromatic nitrogens is 3. The summed E-state index contributed by atoms with van der Waals surface area (Å²) in [5, 5.41) is 3.99. The molecule has 4 nitrogen and oxygen atoms in total. The van der Waals surface area contributed by atoms with Gasteiger partial charge in [0.15, 0.2) is 0 Å².